The lowest BCUT2D eigenvalue weighted by Gasteiger charge is -2.10. The summed E-state index contributed by atoms with van der Waals surface area (Å²) >= 11 is 0. The molecule has 0 radical (unpaired) electrons. The minimum absolute atomic E-state index is 0.250. The van der Waals surface area contributed by atoms with E-state index in [1.54, 1.807) is 38.1 Å². The Labute approximate surface area is 109 Å². The number of benzene rings is 1. The van der Waals surface area contributed by atoms with Gasteiger partial charge in [-0.25, -0.2) is 8.42 Å². The lowest BCUT2D eigenvalue weighted by molar-refractivity contribution is 0.173. The first-order valence-corrected chi connectivity index (χ1v) is 7.63. The van der Waals surface area contributed by atoms with Gasteiger partial charge in [0.15, 0.2) is 9.84 Å². The molecule has 1 aromatic rings. The molecular formula is C13H21NO3S. The van der Waals surface area contributed by atoms with Crippen LogP contribution in [-0.2, 0) is 16.3 Å². The van der Waals surface area contributed by atoms with Gasteiger partial charge >= 0.3 is 0 Å². The second-order valence-corrected chi connectivity index (χ2v) is 7.17. The summed E-state index contributed by atoms with van der Waals surface area (Å²) in [5.74, 6) is 0. The first-order valence-electron chi connectivity index (χ1n) is 6.09. The van der Waals surface area contributed by atoms with Crippen molar-refractivity contribution in [1.29, 1.82) is 0 Å². The van der Waals surface area contributed by atoms with Gasteiger partial charge in [-0.05, 0) is 44.4 Å². The molecular weight excluding hydrogens is 250 g/mol. The van der Waals surface area contributed by atoms with E-state index in [1.165, 1.54) is 0 Å². The van der Waals surface area contributed by atoms with Gasteiger partial charge in [0.25, 0.3) is 0 Å². The fraction of sp³-hybridized carbons (Fsp3) is 0.538. The van der Waals surface area contributed by atoms with Crippen molar-refractivity contribution in [3.63, 3.8) is 0 Å². The molecule has 0 aliphatic carbocycles. The first-order chi connectivity index (χ1) is 8.37. The van der Waals surface area contributed by atoms with Crippen LogP contribution in [0.25, 0.3) is 0 Å². The Hall–Kier alpha value is -0.910. The summed E-state index contributed by atoms with van der Waals surface area (Å²) in [6, 6.07) is 6.83. The second-order valence-electron chi connectivity index (χ2n) is 4.67. The van der Waals surface area contributed by atoms with Crippen LogP contribution in [-0.4, -0.2) is 31.4 Å². The Morgan fingerprint density at radius 2 is 1.78 bits per heavy atom. The molecule has 0 heterocycles. The van der Waals surface area contributed by atoms with Gasteiger partial charge in [0.1, 0.15) is 0 Å². The van der Waals surface area contributed by atoms with Gasteiger partial charge in [0.2, 0.25) is 0 Å². The van der Waals surface area contributed by atoms with Crippen molar-refractivity contribution in [2.45, 2.75) is 42.9 Å². The van der Waals surface area contributed by atoms with Gasteiger partial charge in [-0.15, -0.1) is 0 Å². The normalized spacial score (nSPS) is 13.8. The highest BCUT2D eigenvalue weighted by Crippen LogP contribution is 2.17. The van der Waals surface area contributed by atoms with Crippen LogP contribution >= 0.6 is 0 Å². The topological polar surface area (TPSA) is 80.4 Å². The summed E-state index contributed by atoms with van der Waals surface area (Å²) in [5.41, 5.74) is 6.33. The summed E-state index contributed by atoms with van der Waals surface area (Å²) in [4.78, 5) is 0.348. The number of aryl methyl sites for hydroxylation is 1. The fourth-order valence-electron chi connectivity index (χ4n) is 1.57. The lowest BCUT2D eigenvalue weighted by atomic mass is 10.1. The van der Waals surface area contributed by atoms with E-state index in [0.29, 0.717) is 17.7 Å². The summed E-state index contributed by atoms with van der Waals surface area (Å²) in [7, 11) is -3.20. The van der Waals surface area contributed by atoms with Crippen LogP contribution in [0.3, 0.4) is 0 Å². The zero-order chi connectivity index (χ0) is 13.8. The first kappa shape index (κ1) is 15.1. The standard InChI is InChI=1S/C13H21NO3S/c1-10(2)18(16,17)13-7-4-11(5-8-13)3-6-12(15)9-14/h4-5,7-8,10,12,15H,3,6,9,14H2,1-2H3. The minimum atomic E-state index is -3.20. The zero-order valence-corrected chi connectivity index (χ0v) is 11.7. The molecule has 0 aliphatic rings. The summed E-state index contributed by atoms with van der Waals surface area (Å²) < 4.78 is 23.8. The lowest BCUT2D eigenvalue weighted by Crippen LogP contribution is -2.20. The van der Waals surface area contributed by atoms with Crippen LogP contribution in [0.1, 0.15) is 25.8 Å². The second kappa shape index (κ2) is 6.31. The maximum Gasteiger partial charge on any atom is 0.180 e. The number of hydrogen-bond acceptors (Lipinski definition) is 4. The number of sulfone groups is 1. The van der Waals surface area contributed by atoms with E-state index in [1.807, 2.05) is 0 Å². The molecule has 0 bridgehead atoms. The van der Waals surface area contributed by atoms with Crippen molar-refractivity contribution in [2.75, 3.05) is 6.54 Å². The van der Waals surface area contributed by atoms with E-state index in [2.05, 4.69) is 0 Å². The molecule has 0 amide bonds. The average Bonchev–Trinajstić information content (AvgIpc) is 2.36. The van der Waals surface area contributed by atoms with Gasteiger partial charge in [-0.2, -0.15) is 0 Å². The largest absolute Gasteiger partial charge is 0.392 e. The van der Waals surface area contributed by atoms with E-state index >= 15 is 0 Å². The SMILES string of the molecule is CC(C)S(=O)(=O)c1ccc(CCC(O)CN)cc1. The van der Waals surface area contributed by atoms with E-state index in [9.17, 15) is 13.5 Å². The molecule has 1 rings (SSSR count). The highest BCUT2D eigenvalue weighted by molar-refractivity contribution is 7.92. The number of nitrogens with two attached hydrogens (primary N) is 1. The molecule has 5 heteroatoms. The van der Waals surface area contributed by atoms with E-state index in [4.69, 9.17) is 5.73 Å². The molecule has 1 atom stereocenters. The molecule has 1 aromatic carbocycles. The maximum absolute atomic E-state index is 11.9. The number of aliphatic hydroxyl groups is 1. The molecule has 1 unspecified atom stereocenters. The predicted molar refractivity (Wildman–Crippen MR) is 72.1 cm³/mol. The Morgan fingerprint density at radius 3 is 2.22 bits per heavy atom. The van der Waals surface area contributed by atoms with Crippen molar-refractivity contribution in [3.05, 3.63) is 29.8 Å². The molecule has 3 N–H and O–H groups in total. The van der Waals surface area contributed by atoms with Crippen LogP contribution < -0.4 is 5.73 Å². The van der Waals surface area contributed by atoms with Crippen LogP contribution in [0.15, 0.2) is 29.2 Å². The third-order valence-corrected chi connectivity index (χ3v) is 5.08. The average molecular weight is 271 g/mol. The zero-order valence-electron chi connectivity index (χ0n) is 10.8. The van der Waals surface area contributed by atoms with Gasteiger partial charge < -0.3 is 10.8 Å². The molecule has 0 saturated heterocycles. The Kier molecular flexibility index (Phi) is 5.31. The molecule has 0 fully saturated rings. The minimum Gasteiger partial charge on any atom is -0.392 e. The molecule has 0 aromatic heterocycles. The highest BCUT2D eigenvalue weighted by atomic mass is 32.2. The van der Waals surface area contributed by atoms with E-state index in [0.717, 1.165) is 5.56 Å². The monoisotopic (exact) mass is 271 g/mol. The number of rotatable bonds is 6. The van der Waals surface area contributed by atoms with Crippen molar-refractivity contribution >= 4 is 9.84 Å². The smallest absolute Gasteiger partial charge is 0.180 e. The number of aliphatic hydroxyl groups excluding tert-OH is 1. The molecule has 0 spiro atoms. The molecule has 0 saturated carbocycles. The summed E-state index contributed by atoms with van der Waals surface area (Å²) in [6.07, 6.45) is 0.789. The Morgan fingerprint density at radius 1 is 1.22 bits per heavy atom. The van der Waals surface area contributed by atoms with Gasteiger partial charge in [-0.1, -0.05) is 12.1 Å². The van der Waals surface area contributed by atoms with Gasteiger partial charge in [0.05, 0.1) is 16.2 Å². The molecule has 0 aliphatic heterocycles. The molecule has 18 heavy (non-hydrogen) atoms. The van der Waals surface area contributed by atoms with Crippen molar-refractivity contribution < 1.29 is 13.5 Å². The van der Waals surface area contributed by atoms with Crippen LogP contribution in [0.5, 0.6) is 0 Å². The third kappa shape index (κ3) is 3.80. The summed E-state index contributed by atoms with van der Waals surface area (Å²) in [6.45, 7) is 3.58. The van der Waals surface area contributed by atoms with Crippen LogP contribution in [0, 0.1) is 0 Å². The Bertz CT molecular complexity index is 466. The quantitative estimate of drug-likeness (QED) is 0.812. The number of hydrogen-bond donors (Lipinski definition) is 2. The molecule has 4 nitrogen and oxygen atoms in total. The fourth-order valence-corrected chi connectivity index (χ4v) is 2.63. The summed E-state index contributed by atoms with van der Waals surface area (Å²) in [5, 5.41) is 8.94. The van der Waals surface area contributed by atoms with E-state index in [-0.39, 0.29) is 6.54 Å². The van der Waals surface area contributed by atoms with Crippen LogP contribution in [0.4, 0.5) is 0 Å². The van der Waals surface area contributed by atoms with Crippen molar-refractivity contribution in [1.82, 2.24) is 0 Å². The third-order valence-electron chi connectivity index (χ3n) is 2.91. The van der Waals surface area contributed by atoms with Gasteiger partial charge in [-0.3, -0.25) is 0 Å². The highest BCUT2D eigenvalue weighted by Gasteiger charge is 2.18. The molecule has 102 valence electrons. The van der Waals surface area contributed by atoms with Crippen molar-refractivity contribution in [2.24, 2.45) is 5.73 Å². The maximum atomic E-state index is 11.9. The van der Waals surface area contributed by atoms with Crippen molar-refractivity contribution in [3.8, 4) is 0 Å². The van der Waals surface area contributed by atoms with E-state index < -0.39 is 21.2 Å². The Balaban J connectivity index is 2.75. The van der Waals surface area contributed by atoms with Crippen LogP contribution in [0.2, 0.25) is 0 Å². The van der Waals surface area contributed by atoms with Gasteiger partial charge in [0, 0.05) is 6.54 Å². The predicted octanol–water partition coefficient (Wildman–Crippen LogP) is 1.12.